The number of hydrogen-bond acceptors (Lipinski definition) is 2. The van der Waals surface area contributed by atoms with Gasteiger partial charge in [0.05, 0.1) is 11.4 Å². The fourth-order valence-corrected chi connectivity index (χ4v) is 2.56. The minimum atomic E-state index is 0. The number of nitrogens with zero attached hydrogens (tertiary/aromatic N) is 3. The maximum atomic E-state index is 4.72. The van der Waals surface area contributed by atoms with Gasteiger partial charge in [0.25, 0.3) is 0 Å². The first-order chi connectivity index (χ1) is 11.9. The van der Waals surface area contributed by atoms with Gasteiger partial charge in [-0.1, -0.05) is 54.6 Å². The second-order valence-corrected chi connectivity index (χ2v) is 5.42. The van der Waals surface area contributed by atoms with E-state index in [2.05, 4.69) is 17.4 Å². The third-order valence-electron chi connectivity index (χ3n) is 3.74. The van der Waals surface area contributed by atoms with Gasteiger partial charge in [0, 0.05) is 5.10 Å². The Balaban J connectivity index is 0.00000182. The number of benzene rings is 3. The van der Waals surface area contributed by atoms with Crippen molar-refractivity contribution < 1.29 is 21.5 Å². The number of hydrogen-bond donors (Lipinski definition) is 1. The van der Waals surface area contributed by atoms with Crippen LogP contribution in [0.2, 0.25) is 0 Å². The van der Waals surface area contributed by atoms with Crippen LogP contribution in [0.5, 0.6) is 0 Å². The normalized spacial score (nSPS) is 10.1. The molecule has 0 aliphatic heterocycles. The van der Waals surface area contributed by atoms with E-state index in [4.69, 9.17) is 5.10 Å². The largest absolute Gasteiger partial charge is 1.00 e. The molecule has 0 saturated carbocycles. The van der Waals surface area contributed by atoms with Gasteiger partial charge in [-0.25, -0.2) is 0 Å². The maximum Gasteiger partial charge on any atom is 0.387 e. The highest BCUT2D eigenvalue weighted by atomic mass is 79.9. The van der Waals surface area contributed by atoms with Gasteiger partial charge in [-0.3, -0.25) is 5.32 Å². The highest BCUT2D eigenvalue weighted by Crippen LogP contribution is 2.14. The Bertz CT molecular complexity index is 922. The maximum absolute atomic E-state index is 4.72. The lowest BCUT2D eigenvalue weighted by Gasteiger charge is -2.01. The van der Waals surface area contributed by atoms with E-state index >= 15 is 0 Å². The third kappa shape index (κ3) is 3.78. The molecule has 0 fully saturated rings. The van der Waals surface area contributed by atoms with Crippen molar-refractivity contribution >= 4 is 11.6 Å². The Labute approximate surface area is 157 Å². The van der Waals surface area contributed by atoms with Gasteiger partial charge in [0.15, 0.2) is 0 Å². The first kappa shape index (κ1) is 16.9. The number of para-hydroxylation sites is 3. The van der Waals surface area contributed by atoms with Gasteiger partial charge in [0.2, 0.25) is 6.33 Å². The van der Waals surface area contributed by atoms with Gasteiger partial charge in [-0.15, -0.1) is 4.68 Å². The zero-order valence-electron chi connectivity index (χ0n) is 13.5. The predicted octanol–water partition coefficient (Wildman–Crippen LogP) is 0.897. The molecule has 4 aromatic rings. The van der Waals surface area contributed by atoms with Crippen molar-refractivity contribution in [1.29, 1.82) is 0 Å². The second-order valence-electron chi connectivity index (χ2n) is 5.42. The fourth-order valence-electron chi connectivity index (χ4n) is 2.56. The van der Waals surface area contributed by atoms with E-state index in [0.717, 1.165) is 23.0 Å². The second kappa shape index (κ2) is 7.77. The Morgan fingerprint density at radius 1 is 0.720 bits per heavy atom. The molecule has 0 spiro atoms. The Kier molecular flexibility index (Phi) is 5.26. The summed E-state index contributed by atoms with van der Waals surface area (Å²) < 4.78 is 3.91. The number of rotatable bonds is 4. The van der Waals surface area contributed by atoms with Crippen LogP contribution in [0, 0.1) is 0 Å². The van der Waals surface area contributed by atoms with Crippen LogP contribution in [0.25, 0.3) is 11.4 Å². The molecule has 0 aliphatic rings. The van der Waals surface area contributed by atoms with E-state index in [1.807, 2.05) is 94.4 Å². The van der Waals surface area contributed by atoms with Crippen LogP contribution < -0.4 is 26.9 Å². The molecule has 0 saturated heterocycles. The Morgan fingerprint density at radius 3 is 1.92 bits per heavy atom. The van der Waals surface area contributed by atoms with E-state index in [1.54, 1.807) is 0 Å². The lowest BCUT2D eigenvalue weighted by molar-refractivity contribution is -0.581. The molecule has 1 heterocycles. The SMILES string of the molecule is [Br-].c1ccc(Nc2nn(-c3ccccc3)c[n+]2-c2ccccc2)cc1. The van der Waals surface area contributed by atoms with Gasteiger partial charge >= 0.3 is 5.95 Å². The number of nitrogens with one attached hydrogen (secondary N) is 1. The lowest BCUT2D eigenvalue weighted by atomic mass is 10.3. The third-order valence-corrected chi connectivity index (χ3v) is 3.74. The molecule has 0 aliphatic carbocycles. The summed E-state index contributed by atoms with van der Waals surface area (Å²) in [5.41, 5.74) is 3.07. The molecule has 4 nitrogen and oxygen atoms in total. The summed E-state index contributed by atoms with van der Waals surface area (Å²) in [5.74, 6) is 0.760. The van der Waals surface area contributed by atoms with Crippen molar-refractivity contribution in [3.63, 3.8) is 0 Å². The summed E-state index contributed by atoms with van der Waals surface area (Å²) in [4.78, 5) is 0. The van der Waals surface area contributed by atoms with Crippen LogP contribution in [0.1, 0.15) is 0 Å². The van der Waals surface area contributed by atoms with Crippen LogP contribution in [-0.2, 0) is 0 Å². The van der Waals surface area contributed by atoms with Crippen LogP contribution in [0.3, 0.4) is 0 Å². The molecule has 5 heteroatoms. The van der Waals surface area contributed by atoms with Gasteiger partial charge in [-0.05, 0) is 36.4 Å². The van der Waals surface area contributed by atoms with Crippen molar-refractivity contribution in [2.24, 2.45) is 0 Å². The average molecular weight is 393 g/mol. The minimum absolute atomic E-state index is 0. The summed E-state index contributed by atoms with van der Waals surface area (Å²) in [7, 11) is 0. The molecule has 3 aromatic carbocycles. The van der Waals surface area contributed by atoms with Crippen molar-refractivity contribution in [3.05, 3.63) is 97.3 Å². The van der Waals surface area contributed by atoms with Crippen LogP contribution in [0.4, 0.5) is 11.6 Å². The number of anilines is 2. The molecule has 4 rings (SSSR count). The highest BCUT2D eigenvalue weighted by molar-refractivity contribution is 5.51. The van der Waals surface area contributed by atoms with Gasteiger partial charge in [-0.2, -0.15) is 4.57 Å². The molecule has 0 radical (unpaired) electrons. The molecule has 0 atom stereocenters. The van der Waals surface area contributed by atoms with Crippen molar-refractivity contribution in [3.8, 4) is 11.4 Å². The van der Waals surface area contributed by atoms with Gasteiger partial charge < -0.3 is 17.0 Å². The summed E-state index contributed by atoms with van der Waals surface area (Å²) in [5, 5.41) is 8.11. The summed E-state index contributed by atoms with van der Waals surface area (Å²) >= 11 is 0. The molecule has 1 N–H and O–H groups in total. The van der Waals surface area contributed by atoms with Crippen LogP contribution >= 0.6 is 0 Å². The Morgan fingerprint density at radius 2 is 1.28 bits per heavy atom. The molecular formula is C20H17BrN4. The monoisotopic (exact) mass is 392 g/mol. The number of aromatic nitrogens is 3. The average Bonchev–Trinajstić information content (AvgIpc) is 3.08. The standard InChI is InChI=1S/C20H17N4.BrH/c1-4-10-17(11-5-1)21-20-22-24(19-14-8-3-9-15-19)16-23(20)18-12-6-2-7-13-18;/h1-16H,(H,21,22);1H/q+1;/p-1. The van der Waals surface area contributed by atoms with Crippen molar-refractivity contribution in [2.75, 3.05) is 5.32 Å². The summed E-state index contributed by atoms with van der Waals surface area (Å²) in [6.07, 6.45) is 1.98. The summed E-state index contributed by atoms with van der Waals surface area (Å²) in [6, 6.07) is 30.3. The minimum Gasteiger partial charge on any atom is -1.00 e. The smallest absolute Gasteiger partial charge is 0.387 e. The topological polar surface area (TPSA) is 33.7 Å². The first-order valence-corrected chi connectivity index (χ1v) is 7.84. The summed E-state index contributed by atoms with van der Waals surface area (Å²) in [6.45, 7) is 0. The van der Waals surface area contributed by atoms with Crippen LogP contribution in [0.15, 0.2) is 97.3 Å². The highest BCUT2D eigenvalue weighted by Gasteiger charge is 2.18. The molecule has 0 unspecified atom stereocenters. The quantitative estimate of drug-likeness (QED) is 0.523. The molecule has 0 bridgehead atoms. The van der Waals surface area contributed by atoms with Crippen LogP contribution in [-0.4, -0.2) is 9.78 Å². The van der Waals surface area contributed by atoms with E-state index < -0.39 is 0 Å². The Hall–Kier alpha value is -2.92. The van der Waals surface area contributed by atoms with E-state index in [-0.39, 0.29) is 17.0 Å². The molecule has 1 aromatic heterocycles. The number of halogens is 1. The van der Waals surface area contributed by atoms with E-state index in [1.165, 1.54) is 0 Å². The fraction of sp³-hybridized carbons (Fsp3) is 0. The first-order valence-electron chi connectivity index (χ1n) is 7.84. The zero-order chi connectivity index (χ0) is 16.2. The molecule has 124 valence electrons. The molecule has 0 amide bonds. The van der Waals surface area contributed by atoms with Crippen molar-refractivity contribution in [2.45, 2.75) is 0 Å². The molecule has 25 heavy (non-hydrogen) atoms. The van der Waals surface area contributed by atoms with E-state index in [9.17, 15) is 0 Å². The predicted molar refractivity (Wildman–Crippen MR) is 94.8 cm³/mol. The zero-order valence-corrected chi connectivity index (χ0v) is 15.0. The van der Waals surface area contributed by atoms with Crippen molar-refractivity contribution in [1.82, 2.24) is 9.78 Å². The van der Waals surface area contributed by atoms with E-state index in [0.29, 0.717) is 0 Å². The lowest BCUT2D eigenvalue weighted by Crippen LogP contribution is -3.00. The van der Waals surface area contributed by atoms with Gasteiger partial charge in [0.1, 0.15) is 5.69 Å². The molecular weight excluding hydrogens is 376 g/mol.